The summed E-state index contributed by atoms with van der Waals surface area (Å²) in [5, 5.41) is 2.70. The Bertz CT molecular complexity index is 420. The molecule has 1 saturated heterocycles. The van der Waals surface area contributed by atoms with E-state index >= 15 is 0 Å². The molecule has 2 aliphatic rings. The number of nitrogens with zero attached hydrogens (tertiary/aromatic N) is 1. The molecule has 0 aromatic carbocycles. The fourth-order valence-corrected chi connectivity index (χ4v) is 2.38. The molecule has 2 amide bonds. The predicted molar refractivity (Wildman–Crippen MR) is 72.8 cm³/mol. The van der Waals surface area contributed by atoms with Crippen LogP contribution < -0.4 is 5.32 Å². The van der Waals surface area contributed by atoms with E-state index in [0.29, 0.717) is 6.54 Å². The van der Waals surface area contributed by atoms with Crippen LogP contribution in [0.2, 0.25) is 0 Å². The van der Waals surface area contributed by atoms with Crippen molar-refractivity contribution < 1.29 is 9.59 Å². The van der Waals surface area contributed by atoms with Crippen molar-refractivity contribution in [1.82, 2.24) is 10.2 Å². The van der Waals surface area contributed by atoms with Crippen molar-refractivity contribution >= 4 is 29.1 Å². The van der Waals surface area contributed by atoms with Crippen LogP contribution in [0.5, 0.6) is 0 Å². The fourth-order valence-electron chi connectivity index (χ4n) is 2.09. The number of carbonyl (C=O) groups is 2. The first-order valence-electron chi connectivity index (χ1n) is 6.16. The number of rotatable bonds is 3. The van der Waals surface area contributed by atoms with Crippen LogP contribution in [-0.2, 0) is 9.59 Å². The zero-order chi connectivity index (χ0) is 13.0. The summed E-state index contributed by atoms with van der Waals surface area (Å²) in [4.78, 5) is 24.1. The van der Waals surface area contributed by atoms with E-state index in [1.807, 2.05) is 12.2 Å². The van der Waals surface area contributed by atoms with Gasteiger partial charge in [0.2, 0.25) is 11.8 Å². The summed E-state index contributed by atoms with van der Waals surface area (Å²) in [5.41, 5.74) is 1.32. The van der Waals surface area contributed by atoms with Crippen LogP contribution in [0, 0.1) is 0 Å². The summed E-state index contributed by atoms with van der Waals surface area (Å²) in [5.74, 6) is -0.550. The molecule has 1 fully saturated rings. The lowest BCUT2D eigenvalue weighted by Crippen LogP contribution is -2.52. The van der Waals surface area contributed by atoms with E-state index in [4.69, 9.17) is 12.2 Å². The summed E-state index contributed by atoms with van der Waals surface area (Å²) in [6, 6.07) is 0. The molecule has 0 aromatic heterocycles. The van der Waals surface area contributed by atoms with Gasteiger partial charge in [-0.15, -0.1) is 0 Å². The maximum atomic E-state index is 11.6. The lowest BCUT2D eigenvalue weighted by molar-refractivity contribution is -0.134. The smallest absolute Gasteiger partial charge is 0.238 e. The molecule has 1 aliphatic carbocycles. The van der Waals surface area contributed by atoms with Gasteiger partial charge in [-0.1, -0.05) is 23.8 Å². The van der Waals surface area contributed by atoms with E-state index in [-0.39, 0.29) is 23.3 Å². The average molecular weight is 264 g/mol. The van der Waals surface area contributed by atoms with Crippen LogP contribution in [0.4, 0.5) is 0 Å². The van der Waals surface area contributed by atoms with Crippen LogP contribution in [0.15, 0.2) is 23.8 Å². The van der Waals surface area contributed by atoms with Crippen molar-refractivity contribution in [3.63, 3.8) is 0 Å². The minimum absolute atomic E-state index is 0.114. The van der Waals surface area contributed by atoms with E-state index in [1.54, 1.807) is 0 Å². The van der Waals surface area contributed by atoms with Crippen molar-refractivity contribution in [2.24, 2.45) is 0 Å². The number of thiocarbonyl (C=S) groups is 1. The summed E-state index contributed by atoms with van der Waals surface area (Å²) in [7, 11) is 0. The van der Waals surface area contributed by atoms with Crippen LogP contribution in [0.25, 0.3) is 0 Å². The fraction of sp³-hybridized carbons (Fsp3) is 0.462. The molecule has 1 aliphatic heterocycles. The highest BCUT2D eigenvalue weighted by molar-refractivity contribution is 7.80. The Balaban J connectivity index is 1.91. The van der Waals surface area contributed by atoms with Gasteiger partial charge in [-0.3, -0.25) is 14.5 Å². The molecule has 0 saturated carbocycles. The van der Waals surface area contributed by atoms with Gasteiger partial charge < -0.3 is 5.32 Å². The lowest BCUT2D eigenvalue weighted by Gasteiger charge is -2.26. The van der Waals surface area contributed by atoms with Crippen LogP contribution >= 0.6 is 12.2 Å². The van der Waals surface area contributed by atoms with Gasteiger partial charge in [0.25, 0.3) is 0 Å². The second-order valence-electron chi connectivity index (χ2n) is 4.46. The van der Waals surface area contributed by atoms with Gasteiger partial charge in [0, 0.05) is 6.54 Å². The third kappa shape index (κ3) is 3.26. The molecule has 1 heterocycles. The number of hydrogen-bond acceptors (Lipinski definition) is 3. The largest absolute Gasteiger partial charge is 0.302 e. The highest BCUT2D eigenvalue weighted by atomic mass is 32.1. The van der Waals surface area contributed by atoms with E-state index in [9.17, 15) is 9.59 Å². The van der Waals surface area contributed by atoms with Gasteiger partial charge in [0.1, 0.15) is 6.42 Å². The minimum atomic E-state index is -0.319. The van der Waals surface area contributed by atoms with Gasteiger partial charge >= 0.3 is 0 Å². The van der Waals surface area contributed by atoms with Crippen LogP contribution in [-0.4, -0.2) is 28.4 Å². The molecule has 0 aromatic rings. The van der Waals surface area contributed by atoms with Crippen molar-refractivity contribution in [2.45, 2.75) is 32.1 Å². The van der Waals surface area contributed by atoms with E-state index < -0.39 is 0 Å². The van der Waals surface area contributed by atoms with Crippen molar-refractivity contribution in [1.29, 1.82) is 0 Å². The van der Waals surface area contributed by atoms with Gasteiger partial charge in [-0.25, -0.2) is 0 Å². The Labute approximate surface area is 112 Å². The quantitative estimate of drug-likeness (QED) is 0.623. The Morgan fingerprint density at radius 2 is 2.22 bits per heavy atom. The Morgan fingerprint density at radius 1 is 1.39 bits per heavy atom. The van der Waals surface area contributed by atoms with Crippen LogP contribution in [0.3, 0.4) is 0 Å². The lowest BCUT2D eigenvalue weighted by atomic mass is 9.99. The zero-order valence-electron chi connectivity index (χ0n) is 10.1. The Kier molecular flexibility index (Phi) is 4.25. The highest BCUT2D eigenvalue weighted by Crippen LogP contribution is 2.18. The van der Waals surface area contributed by atoms with Crippen molar-refractivity contribution in [2.75, 3.05) is 6.54 Å². The number of amides is 2. The third-order valence-corrected chi connectivity index (χ3v) is 3.37. The van der Waals surface area contributed by atoms with Gasteiger partial charge in [0.15, 0.2) is 5.11 Å². The maximum absolute atomic E-state index is 11.6. The second-order valence-corrected chi connectivity index (χ2v) is 4.85. The van der Waals surface area contributed by atoms with Gasteiger partial charge in [-0.05, 0) is 37.9 Å². The van der Waals surface area contributed by atoms with E-state index in [2.05, 4.69) is 11.4 Å². The summed E-state index contributed by atoms with van der Waals surface area (Å²) in [6.07, 6.45) is 10.8. The molecule has 4 nitrogen and oxygen atoms in total. The summed E-state index contributed by atoms with van der Waals surface area (Å²) < 4.78 is 0. The maximum Gasteiger partial charge on any atom is 0.238 e. The topological polar surface area (TPSA) is 49.4 Å². The second kappa shape index (κ2) is 5.91. The molecule has 5 heteroatoms. The van der Waals surface area contributed by atoms with E-state index in [1.165, 1.54) is 23.3 Å². The summed E-state index contributed by atoms with van der Waals surface area (Å²) in [6.45, 7) is 0.426. The number of allylic oxidation sites excluding steroid dienone is 3. The van der Waals surface area contributed by atoms with E-state index in [0.717, 1.165) is 12.8 Å². The molecule has 0 atom stereocenters. The number of carbonyl (C=O) groups excluding carboxylic acids is 2. The molecule has 0 spiro atoms. The molecular formula is C13H16N2O2S. The normalized spacial score (nSPS) is 21.2. The van der Waals surface area contributed by atoms with Crippen LogP contribution in [0.1, 0.15) is 32.1 Å². The standard InChI is InChI=1S/C13H16N2O2S/c16-11-9-12(17)15(13(18)14-11)8-4-7-10-5-2-1-3-6-10/h4-5,7H,1-3,6,8-9H2,(H,14,16,18). The molecule has 0 radical (unpaired) electrons. The minimum Gasteiger partial charge on any atom is -0.302 e. The van der Waals surface area contributed by atoms with Crippen molar-refractivity contribution in [3.8, 4) is 0 Å². The molecule has 0 bridgehead atoms. The Morgan fingerprint density at radius 3 is 2.89 bits per heavy atom. The van der Waals surface area contributed by atoms with Gasteiger partial charge in [-0.2, -0.15) is 0 Å². The van der Waals surface area contributed by atoms with Gasteiger partial charge in [0.05, 0.1) is 0 Å². The average Bonchev–Trinajstić information content (AvgIpc) is 2.34. The molecule has 2 rings (SSSR count). The monoisotopic (exact) mass is 264 g/mol. The number of hydrogen-bond donors (Lipinski definition) is 1. The first-order chi connectivity index (χ1) is 8.66. The first-order valence-corrected chi connectivity index (χ1v) is 6.57. The summed E-state index contributed by atoms with van der Waals surface area (Å²) >= 11 is 4.98. The molecule has 18 heavy (non-hydrogen) atoms. The Hall–Kier alpha value is -1.49. The SMILES string of the molecule is O=C1CC(=O)N(CC=CC2=CCCCC2)C(=S)N1. The highest BCUT2D eigenvalue weighted by Gasteiger charge is 2.26. The molecule has 96 valence electrons. The molecule has 0 unspecified atom stereocenters. The zero-order valence-corrected chi connectivity index (χ0v) is 11.0. The number of nitrogens with one attached hydrogen (secondary N) is 1. The van der Waals surface area contributed by atoms with Crippen molar-refractivity contribution in [3.05, 3.63) is 23.8 Å². The molecule has 1 N–H and O–H groups in total. The first kappa shape index (κ1) is 13.0. The third-order valence-electron chi connectivity index (χ3n) is 3.05. The molecular weight excluding hydrogens is 248 g/mol. The predicted octanol–water partition coefficient (Wildman–Crippen LogP) is 1.68.